The van der Waals surface area contributed by atoms with E-state index in [9.17, 15) is 13.2 Å². The van der Waals surface area contributed by atoms with Gasteiger partial charge >= 0.3 is 6.18 Å². The number of halogens is 3. The Morgan fingerprint density at radius 2 is 2.05 bits per heavy atom. The minimum Gasteiger partial charge on any atom is -0.356 e. The highest BCUT2D eigenvalue weighted by Gasteiger charge is 2.36. The zero-order valence-electron chi connectivity index (χ0n) is 11.5. The molecule has 1 aromatic rings. The Morgan fingerprint density at radius 1 is 1.35 bits per heavy atom. The third-order valence-electron chi connectivity index (χ3n) is 3.34. The minimum atomic E-state index is -4.59. The van der Waals surface area contributed by atoms with Gasteiger partial charge in [0.2, 0.25) is 5.82 Å². The Balaban J connectivity index is 2.36. The molecule has 2 heterocycles. The first-order chi connectivity index (χ1) is 9.21. The van der Waals surface area contributed by atoms with E-state index in [1.807, 2.05) is 4.90 Å². The molecule has 0 atom stereocenters. The molecule has 0 bridgehead atoms. The number of hydrogen-bond acceptors (Lipinski definition) is 5. The number of nitrogens with two attached hydrogens (primary N) is 1. The van der Waals surface area contributed by atoms with Crippen LogP contribution >= 0.6 is 0 Å². The van der Waals surface area contributed by atoms with Gasteiger partial charge in [0.1, 0.15) is 11.6 Å². The van der Waals surface area contributed by atoms with E-state index in [0.717, 1.165) is 12.8 Å². The van der Waals surface area contributed by atoms with Crippen molar-refractivity contribution in [3.05, 3.63) is 11.9 Å². The van der Waals surface area contributed by atoms with Crippen molar-refractivity contribution in [1.82, 2.24) is 9.97 Å². The summed E-state index contributed by atoms with van der Waals surface area (Å²) in [6, 6.07) is 1.44. The van der Waals surface area contributed by atoms with Gasteiger partial charge in [-0.1, -0.05) is 13.8 Å². The van der Waals surface area contributed by atoms with E-state index < -0.39 is 12.0 Å². The van der Waals surface area contributed by atoms with Crippen molar-refractivity contribution in [1.29, 1.82) is 0 Å². The van der Waals surface area contributed by atoms with Crippen molar-refractivity contribution in [2.45, 2.75) is 32.9 Å². The maximum absolute atomic E-state index is 12.8. The number of nitrogen functional groups attached to an aromatic ring is 1. The standard InChI is InChI=1S/C12H18F3N5/c1-11(2)4-3-5-20(7-11)9-6-8(19-16)17-10(18-9)12(13,14)15/h6H,3-5,7,16H2,1-2H3,(H,17,18,19). The first-order valence-electron chi connectivity index (χ1n) is 6.39. The van der Waals surface area contributed by atoms with E-state index in [2.05, 4.69) is 29.2 Å². The summed E-state index contributed by atoms with van der Waals surface area (Å²) in [5.74, 6) is 4.23. The molecule has 0 amide bonds. The molecule has 1 fully saturated rings. The maximum atomic E-state index is 12.8. The lowest BCUT2D eigenvalue weighted by Gasteiger charge is -2.38. The lowest BCUT2D eigenvalue weighted by molar-refractivity contribution is -0.144. The summed E-state index contributed by atoms with van der Waals surface area (Å²) in [6.45, 7) is 5.52. The second-order valence-corrected chi connectivity index (χ2v) is 5.77. The third-order valence-corrected chi connectivity index (χ3v) is 3.34. The fourth-order valence-corrected chi connectivity index (χ4v) is 2.42. The molecule has 5 nitrogen and oxygen atoms in total. The number of alkyl halides is 3. The molecule has 3 N–H and O–H groups in total. The van der Waals surface area contributed by atoms with Crippen LogP contribution in [-0.4, -0.2) is 23.1 Å². The molecule has 1 aromatic heterocycles. The molecule has 20 heavy (non-hydrogen) atoms. The van der Waals surface area contributed by atoms with E-state index in [0.29, 0.717) is 13.1 Å². The van der Waals surface area contributed by atoms with Crippen molar-refractivity contribution in [3.63, 3.8) is 0 Å². The molecule has 2 rings (SSSR count). The lowest BCUT2D eigenvalue weighted by atomic mass is 9.84. The number of anilines is 2. The predicted octanol–water partition coefficient (Wildman–Crippen LogP) is 2.41. The topological polar surface area (TPSA) is 67.1 Å². The number of hydrogen-bond donors (Lipinski definition) is 2. The summed E-state index contributed by atoms with van der Waals surface area (Å²) in [5, 5.41) is 0. The summed E-state index contributed by atoms with van der Waals surface area (Å²) >= 11 is 0. The van der Waals surface area contributed by atoms with E-state index in [4.69, 9.17) is 5.84 Å². The monoisotopic (exact) mass is 289 g/mol. The van der Waals surface area contributed by atoms with E-state index in [-0.39, 0.29) is 17.1 Å². The number of aromatic nitrogens is 2. The Labute approximate surface area is 115 Å². The number of piperidine rings is 1. The summed E-state index contributed by atoms with van der Waals surface area (Å²) in [5.41, 5.74) is 2.22. The summed E-state index contributed by atoms with van der Waals surface area (Å²) in [6.07, 6.45) is -2.63. The van der Waals surface area contributed by atoms with Crippen LogP contribution in [0, 0.1) is 5.41 Å². The van der Waals surface area contributed by atoms with Crippen LogP contribution in [0.1, 0.15) is 32.5 Å². The fourth-order valence-electron chi connectivity index (χ4n) is 2.42. The molecule has 0 aliphatic carbocycles. The van der Waals surface area contributed by atoms with Crippen LogP contribution < -0.4 is 16.2 Å². The maximum Gasteiger partial charge on any atom is 0.451 e. The average molecular weight is 289 g/mol. The van der Waals surface area contributed by atoms with Gasteiger partial charge in [0, 0.05) is 19.2 Å². The van der Waals surface area contributed by atoms with Gasteiger partial charge in [-0.3, -0.25) is 0 Å². The van der Waals surface area contributed by atoms with Crippen LogP contribution in [0.5, 0.6) is 0 Å². The zero-order chi connectivity index (χ0) is 15.0. The molecule has 1 saturated heterocycles. The van der Waals surface area contributed by atoms with Crippen LogP contribution in [0.4, 0.5) is 24.8 Å². The van der Waals surface area contributed by atoms with E-state index in [1.165, 1.54) is 6.07 Å². The van der Waals surface area contributed by atoms with Crippen LogP contribution in [-0.2, 0) is 6.18 Å². The first-order valence-corrected chi connectivity index (χ1v) is 6.39. The largest absolute Gasteiger partial charge is 0.451 e. The normalized spacial score (nSPS) is 19.0. The Morgan fingerprint density at radius 3 is 2.60 bits per heavy atom. The Kier molecular flexibility index (Phi) is 3.77. The number of hydrazine groups is 1. The Bertz CT molecular complexity index is 486. The number of nitrogens with one attached hydrogen (secondary N) is 1. The lowest BCUT2D eigenvalue weighted by Crippen LogP contribution is -2.40. The molecular formula is C12H18F3N5. The summed E-state index contributed by atoms with van der Waals surface area (Å²) in [7, 11) is 0. The molecule has 0 radical (unpaired) electrons. The molecule has 1 aliphatic heterocycles. The minimum absolute atomic E-state index is 0.0364. The van der Waals surface area contributed by atoms with Gasteiger partial charge < -0.3 is 10.3 Å². The van der Waals surface area contributed by atoms with Crippen molar-refractivity contribution in [3.8, 4) is 0 Å². The van der Waals surface area contributed by atoms with Crippen molar-refractivity contribution in [2.75, 3.05) is 23.4 Å². The smallest absolute Gasteiger partial charge is 0.356 e. The summed E-state index contributed by atoms with van der Waals surface area (Å²) in [4.78, 5) is 8.84. The highest BCUT2D eigenvalue weighted by molar-refractivity contribution is 5.49. The molecule has 0 unspecified atom stereocenters. The van der Waals surface area contributed by atoms with Crippen molar-refractivity contribution in [2.24, 2.45) is 11.3 Å². The second kappa shape index (κ2) is 5.08. The fraction of sp³-hybridized carbons (Fsp3) is 0.667. The van der Waals surface area contributed by atoms with Crippen LogP contribution in [0.15, 0.2) is 6.07 Å². The van der Waals surface area contributed by atoms with E-state index >= 15 is 0 Å². The molecule has 1 aliphatic rings. The predicted molar refractivity (Wildman–Crippen MR) is 70.1 cm³/mol. The van der Waals surface area contributed by atoms with Crippen LogP contribution in [0.2, 0.25) is 0 Å². The second-order valence-electron chi connectivity index (χ2n) is 5.77. The van der Waals surface area contributed by atoms with Gasteiger partial charge in [-0.2, -0.15) is 13.2 Å². The highest BCUT2D eigenvalue weighted by atomic mass is 19.4. The van der Waals surface area contributed by atoms with Crippen LogP contribution in [0.25, 0.3) is 0 Å². The van der Waals surface area contributed by atoms with Crippen molar-refractivity contribution < 1.29 is 13.2 Å². The van der Waals surface area contributed by atoms with Gasteiger partial charge in [-0.05, 0) is 18.3 Å². The molecular weight excluding hydrogens is 271 g/mol. The van der Waals surface area contributed by atoms with Gasteiger partial charge in [0.05, 0.1) is 0 Å². The van der Waals surface area contributed by atoms with Gasteiger partial charge in [-0.15, -0.1) is 0 Å². The van der Waals surface area contributed by atoms with Gasteiger partial charge in [0.15, 0.2) is 0 Å². The molecule has 0 spiro atoms. The Hall–Kier alpha value is -1.57. The molecule has 0 aromatic carbocycles. The third kappa shape index (κ3) is 3.30. The van der Waals surface area contributed by atoms with Gasteiger partial charge in [0.25, 0.3) is 0 Å². The molecule has 112 valence electrons. The van der Waals surface area contributed by atoms with E-state index in [1.54, 1.807) is 0 Å². The van der Waals surface area contributed by atoms with Gasteiger partial charge in [-0.25, -0.2) is 15.8 Å². The molecule has 0 saturated carbocycles. The quantitative estimate of drug-likeness (QED) is 0.646. The van der Waals surface area contributed by atoms with Crippen molar-refractivity contribution >= 4 is 11.6 Å². The molecule has 8 heteroatoms. The number of nitrogens with zero attached hydrogens (tertiary/aromatic N) is 3. The van der Waals surface area contributed by atoms with Crippen LogP contribution in [0.3, 0.4) is 0 Å². The first kappa shape index (κ1) is 14.8. The average Bonchev–Trinajstić information content (AvgIpc) is 2.36. The highest BCUT2D eigenvalue weighted by Crippen LogP contribution is 2.33. The number of rotatable bonds is 2. The zero-order valence-corrected chi connectivity index (χ0v) is 11.5. The SMILES string of the molecule is CC1(C)CCCN(c2cc(NN)nc(C(F)(F)F)n2)C1. The summed E-state index contributed by atoms with van der Waals surface area (Å²) < 4.78 is 38.4.